The SMILES string of the molecule is CCN(c1cccc(CO)n1)c1ccccc1F. The van der Waals surface area contributed by atoms with Crippen molar-refractivity contribution in [2.75, 3.05) is 11.4 Å². The number of aromatic nitrogens is 1. The van der Waals surface area contributed by atoms with Crippen LogP contribution in [0.15, 0.2) is 42.5 Å². The maximum absolute atomic E-state index is 13.8. The number of aliphatic hydroxyl groups is 1. The highest BCUT2D eigenvalue weighted by atomic mass is 19.1. The normalized spacial score (nSPS) is 10.4. The topological polar surface area (TPSA) is 36.4 Å². The van der Waals surface area contributed by atoms with Crippen LogP contribution in [-0.2, 0) is 6.61 Å². The van der Waals surface area contributed by atoms with Crippen LogP contribution in [0.3, 0.4) is 0 Å². The first-order valence-corrected chi connectivity index (χ1v) is 5.85. The van der Waals surface area contributed by atoms with Gasteiger partial charge in [0.05, 0.1) is 18.0 Å². The van der Waals surface area contributed by atoms with Gasteiger partial charge in [-0.2, -0.15) is 0 Å². The second-order valence-electron chi connectivity index (χ2n) is 3.84. The van der Waals surface area contributed by atoms with Gasteiger partial charge >= 0.3 is 0 Å². The summed E-state index contributed by atoms with van der Waals surface area (Å²) in [6.07, 6.45) is 0. The molecular weight excluding hydrogens is 231 g/mol. The summed E-state index contributed by atoms with van der Waals surface area (Å²) in [7, 11) is 0. The summed E-state index contributed by atoms with van der Waals surface area (Å²) in [5.74, 6) is 0.352. The van der Waals surface area contributed by atoms with Crippen LogP contribution in [0.2, 0.25) is 0 Å². The van der Waals surface area contributed by atoms with Gasteiger partial charge in [-0.15, -0.1) is 0 Å². The van der Waals surface area contributed by atoms with Crippen molar-refractivity contribution in [3.63, 3.8) is 0 Å². The molecule has 1 N–H and O–H groups in total. The zero-order valence-electron chi connectivity index (χ0n) is 10.2. The highest BCUT2D eigenvalue weighted by molar-refractivity contribution is 5.60. The summed E-state index contributed by atoms with van der Waals surface area (Å²) in [5.41, 5.74) is 1.06. The lowest BCUT2D eigenvalue weighted by atomic mass is 10.2. The van der Waals surface area contributed by atoms with Crippen molar-refractivity contribution in [1.82, 2.24) is 4.98 Å². The molecule has 0 atom stereocenters. The number of anilines is 2. The van der Waals surface area contributed by atoms with Gasteiger partial charge in [-0.25, -0.2) is 9.37 Å². The molecule has 0 bridgehead atoms. The number of halogens is 1. The van der Waals surface area contributed by atoms with E-state index in [1.807, 2.05) is 6.92 Å². The lowest BCUT2D eigenvalue weighted by molar-refractivity contribution is 0.277. The van der Waals surface area contributed by atoms with Crippen molar-refractivity contribution < 1.29 is 9.50 Å². The number of pyridine rings is 1. The minimum absolute atomic E-state index is 0.122. The molecule has 1 aromatic heterocycles. The maximum atomic E-state index is 13.8. The molecule has 94 valence electrons. The average molecular weight is 246 g/mol. The van der Waals surface area contributed by atoms with Crippen LogP contribution >= 0.6 is 0 Å². The number of rotatable bonds is 4. The van der Waals surface area contributed by atoms with E-state index in [9.17, 15) is 4.39 Å². The van der Waals surface area contributed by atoms with E-state index in [2.05, 4.69) is 4.98 Å². The third kappa shape index (κ3) is 2.49. The van der Waals surface area contributed by atoms with Gasteiger partial charge in [-0.1, -0.05) is 18.2 Å². The zero-order valence-corrected chi connectivity index (χ0v) is 10.2. The van der Waals surface area contributed by atoms with Gasteiger partial charge in [0.2, 0.25) is 0 Å². The van der Waals surface area contributed by atoms with E-state index in [0.29, 0.717) is 23.7 Å². The Bertz CT molecular complexity index is 531. The fraction of sp³-hybridized carbons (Fsp3) is 0.214. The molecule has 0 saturated carbocycles. The van der Waals surface area contributed by atoms with Gasteiger partial charge in [0.1, 0.15) is 11.6 Å². The predicted molar refractivity (Wildman–Crippen MR) is 69.2 cm³/mol. The summed E-state index contributed by atoms with van der Waals surface area (Å²) >= 11 is 0. The Morgan fingerprint density at radius 3 is 2.61 bits per heavy atom. The van der Waals surface area contributed by atoms with Crippen LogP contribution in [0.1, 0.15) is 12.6 Å². The second-order valence-corrected chi connectivity index (χ2v) is 3.84. The molecular formula is C14H15FN2O. The van der Waals surface area contributed by atoms with E-state index < -0.39 is 0 Å². The first-order chi connectivity index (χ1) is 8.76. The maximum Gasteiger partial charge on any atom is 0.146 e. The molecule has 0 saturated heterocycles. The molecule has 2 aromatic rings. The van der Waals surface area contributed by atoms with Crippen molar-refractivity contribution in [2.45, 2.75) is 13.5 Å². The molecule has 3 nitrogen and oxygen atoms in total. The molecule has 0 amide bonds. The smallest absolute Gasteiger partial charge is 0.146 e. The molecule has 0 aliphatic carbocycles. The third-order valence-corrected chi connectivity index (χ3v) is 2.69. The van der Waals surface area contributed by atoms with Crippen LogP contribution in [0, 0.1) is 5.82 Å². The monoisotopic (exact) mass is 246 g/mol. The zero-order chi connectivity index (χ0) is 13.0. The average Bonchev–Trinajstić information content (AvgIpc) is 2.42. The van der Waals surface area contributed by atoms with Gasteiger partial charge in [-0.3, -0.25) is 0 Å². The van der Waals surface area contributed by atoms with E-state index in [4.69, 9.17) is 5.11 Å². The molecule has 2 rings (SSSR count). The quantitative estimate of drug-likeness (QED) is 0.901. The third-order valence-electron chi connectivity index (χ3n) is 2.69. The first kappa shape index (κ1) is 12.5. The molecule has 0 aliphatic heterocycles. The standard InChI is InChI=1S/C14H15FN2O/c1-2-17(13-8-4-3-7-12(13)15)14-9-5-6-11(10-18)16-14/h3-9,18H,2,10H2,1H3. The second kappa shape index (κ2) is 5.60. The van der Waals surface area contributed by atoms with E-state index in [-0.39, 0.29) is 12.4 Å². The van der Waals surface area contributed by atoms with Gasteiger partial charge in [0.25, 0.3) is 0 Å². The van der Waals surface area contributed by atoms with Gasteiger partial charge < -0.3 is 10.0 Å². The Labute approximate surface area is 106 Å². The van der Waals surface area contributed by atoms with Crippen molar-refractivity contribution in [2.24, 2.45) is 0 Å². The summed E-state index contributed by atoms with van der Waals surface area (Å²) < 4.78 is 13.8. The number of hydrogen-bond acceptors (Lipinski definition) is 3. The molecule has 0 unspecified atom stereocenters. The summed E-state index contributed by atoms with van der Waals surface area (Å²) in [4.78, 5) is 6.06. The summed E-state index contributed by atoms with van der Waals surface area (Å²) in [6, 6.07) is 11.9. The summed E-state index contributed by atoms with van der Waals surface area (Å²) in [6.45, 7) is 2.41. The molecule has 0 fully saturated rings. The molecule has 0 radical (unpaired) electrons. The molecule has 0 spiro atoms. The molecule has 0 aliphatic rings. The number of benzene rings is 1. The van der Waals surface area contributed by atoms with Crippen molar-refractivity contribution in [3.05, 3.63) is 54.0 Å². The molecule has 18 heavy (non-hydrogen) atoms. The highest BCUT2D eigenvalue weighted by Gasteiger charge is 2.12. The Balaban J connectivity index is 2.42. The Morgan fingerprint density at radius 1 is 1.17 bits per heavy atom. The lowest BCUT2D eigenvalue weighted by Gasteiger charge is -2.22. The minimum Gasteiger partial charge on any atom is -0.390 e. The fourth-order valence-corrected chi connectivity index (χ4v) is 1.83. The van der Waals surface area contributed by atoms with Gasteiger partial charge in [-0.05, 0) is 31.2 Å². The fourth-order valence-electron chi connectivity index (χ4n) is 1.83. The Kier molecular flexibility index (Phi) is 3.89. The predicted octanol–water partition coefficient (Wildman–Crippen LogP) is 2.87. The van der Waals surface area contributed by atoms with E-state index in [0.717, 1.165) is 0 Å². The highest BCUT2D eigenvalue weighted by Crippen LogP contribution is 2.25. The van der Waals surface area contributed by atoms with E-state index in [1.165, 1.54) is 6.07 Å². The largest absolute Gasteiger partial charge is 0.390 e. The Morgan fingerprint density at radius 2 is 1.94 bits per heavy atom. The lowest BCUT2D eigenvalue weighted by Crippen LogP contribution is -2.19. The van der Waals surface area contributed by atoms with Crippen LogP contribution in [-0.4, -0.2) is 16.6 Å². The van der Waals surface area contributed by atoms with Crippen LogP contribution < -0.4 is 4.90 Å². The van der Waals surface area contributed by atoms with Crippen molar-refractivity contribution >= 4 is 11.5 Å². The van der Waals surface area contributed by atoms with E-state index >= 15 is 0 Å². The summed E-state index contributed by atoms with van der Waals surface area (Å²) in [5, 5.41) is 9.09. The number of para-hydroxylation sites is 1. The van der Waals surface area contributed by atoms with Crippen molar-refractivity contribution in [3.8, 4) is 0 Å². The number of aliphatic hydroxyl groups excluding tert-OH is 1. The minimum atomic E-state index is -0.282. The van der Waals surface area contributed by atoms with Crippen LogP contribution in [0.25, 0.3) is 0 Å². The van der Waals surface area contributed by atoms with Crippen LogP contribution in [0.4, 0.5) is 15.9 Å². The number of hydrogen-bond donors (Lipinski definition) is 1. The van der Waals surface area contributed by atoms with Crippen molar-refractivity contribution in [1.29, 1.82) is 0 Å². The Hall–Kier alpha value is -1.94. The van der Waals surface area contributed by atoms with Gasteiger partial charge in [0.15, 0.2) is 0 Å². The molecule has 4 heteroatoms. The van der Waals surface area contributed by atoms with Gasteiger partial charge in [0, 0.05) is 6.54 Å². The molecule has 1 aromatic carbocycles. The number of nitrogens with zero attached hydrogens (tertiary/aromatic N) is 2. The van der Waals surface area contributed by atoms with Crippen LogP contribution in [0.5, 0.6) is 0 Å². The molecule has 1 heterocycles. The van der Waals surface area contributed by atoms with E-state index in [1.54, 1.807) is 41.3 Å². The first-order valence-electron chi connectivity index (χ1n) is 5.85.